The van der Waals surface area contributed by atoms with Crippen molar-refractivity contribution in [2.45, 2.75) is 33.1 Å². The number of carbonyl (C=O) groups is 3. The quantitative estimate of drug-likeness (QED) is 0.649. The molecule has 0 spiro atoms. The van der Waals surface area contributed by atoms with Crippen LogP contribution in [0.15, 0.2) is 22.6 Å². The molecule has 6 nitrogen and oxygen atoms in total. The van der Waals surface area contributed by atoms with Crippen molar-refractivity contribution in [3.05, 3.63) is 29.5 Å². The van der Waals surface area contributed by atoms with Crippen molar-refractivity contribution in [3.63, 3.8) is 0 Å². The van der Waals surface area contributed by atoms with Gasteiger partial charge in [0.15, 0.2) is 0 Å². The summed E-state index contributed by atoms with van der Waals surface area (Å²) in [7, 11) is 0. The summed E-state index contributed by atoms with van der Waals surface area (Å²) >= 11 is 0. The van der Waals surface area contributed by atoms with Gasteiger partial charge < -0.3 is 14.5 Å². The lowest BCUT2D eigenvalue weighted by Gasteiger charge is -2.06. The SMILES string of the molecule is CCOC(=O)c1oc2cccc(NC(=O)CC(=O)C3CC3)c2c1C. The highest BCUT2D eigenvalue weighted by Crippen LogP contribution is 2.33. The van der Waals surface area contributed by atoms with Gasteiger partial charge in [0.2, 0.25) is 11.7 Å². The summed E-state index contributed by atoms with van der Waals surface area (Å²) in [6, 6.07) is 5.16. The molecule has 0 radical (unpaired) electrons. The summed E-state index contributed by atoms with van der Waals surface area (Å²) < 4.78 is 10.6. The number of hydrogen-bond acceptors (Lipinski definition) is 5. The fourth-order valence-electron chi connectivity index (χ4n) is 2.70. The van der Waals surface area contributed by atoms with Gasteiger partial charge in [-0.2, -0.15) is 0 Å². The summed E-state index contributed by atoms with van der Waals surface area (Å²) in [5.41, 5.74) is 1.62. The Labute approximate surface area is 139 Å². The number of ketones is 1. The van der Waals surface area contributed by atoms with Crippen LogP contribution in [0.2, 0.25) is 0 Å². The van der Waals surface area contributed by atoms with Crippen LogP contribution in [-0.2, 0) is 14.3 Å². The molecule has 1 aliphatic carbocycles. The number of carbonyl (C=O) groups excluding carboxylic acids is 3. The smallest absolute Gasteiger partial charge is 0.374 e. The van der Waals surface area contributed by atoms with Gasteiger partial charge in [-0.05, 0) is 38.8 Å². The molecule has 2 aromatic rings. The van der Waals surface area contributed by atoms with Crippen LogP contribution in [-0.4, -0.2) is 24.3 Å². The lowest BCUT2D eigenvalue weighted by molar-refractivity contribution is -0.126. The predicted molar refractivity (Wildman–Crippen MR) is 87.9 cm³/mol. The minimum atomic E-state index is -0.535. The summed E-state index contributed by atoms with van der Waals surface area (Å²) in [6.07, 6.45) is 1.64. The predicted octanol–water partition coefficient (Wildman–Crippen LogP) is 3.23. The standard InChI is InChI=1S/C18H19NO5/c1-3-23-18(22)17-10(2)16-12(5-4-6-14(16)24-17)19-15(21)9-13(20)11-7-8-11/h4-6,11H,3,7-9H2,1-2H3,(H,19,21). The maximum absolute atomic E-state index is 12.1. The molecule has 6 heteroatoms. The zero-order valence-electron chi connectivity index (χ0n) is 13.7. The second-order valence-corrected chi connectivity index (χ2v) is 5.92. The van der Waals surface area contributed by atoms with E-state index in [0.717, 1.165) is 12.8 Å². The van der Waals surface area contributed by atoms with Crippen LogP contribution >= 0.6 is 0 Å². The summed E-state index contributed by atoms with van der Waals surface area (Å²) in [6.45, 7) is 3.71. The van der Waals surface area contributed by atoms with Crippen LogP contribution in [0.5, 0.6) is 0 Å². The number of anilines is 1. The molecule has 1 N–H and O–H groups in total. The molecule has 1 aliphatic rings. The summed E-state index contributed by atoms with van der Waals surface area (Å²) in [5, 5.41) is 3.40. The number of rotatable bonds is 6. The highest BCUT2D eigenvalue weighted by molar-refractivity contribution is 6.10. The molecule has 0 atom stereocenters. The first-order valence-electron chi connectivity index (χ1n) is 8.03. The summed E-state index contributed by atoms with van der Waals surface area (Å²) in [4.78, 5) is 35.8. The normalized spacial score (nSPS) is 13.8. The Morgan fingerprint density at radius 2 is 2.04 bits per heavy atom. The second-order valence-electron chi connectivity index (χ2n) is 5.92. The molecule has 0 aliphatic heterocycles. The number of ether oxygens (including phenoxy) is 1. The number of esters is 1. The lowest BCUT2D eigenvalue weighted by atomic mass is 10.1. The molecule has 3 rings (SSSR count). The lowest BCUT2D eigenvalue weighted by Crippen LogP contribution is -2.17. The number of hydrogen-bond donors (Lipinski definition) is 1. The van der Waals surface area contributed by atoms with E-state index in [2.05, 4.69) is 5.32 Å². The molecule has 1 amide bonds. The van der Waals surface area contributed by atoms with E-state index in [1.807, 2.05) is 0 Å². The third kappa shape index (κ3) is 3.18. The molecule has 1 aromatic heterocycles. The molecule has 1 aromatic carbocycles. The van der Waals surface area contributed by atoms with Crippen LogP contribution in [0, 0.1) is 12.8 Å². The van der Waals surface area contributed by atoms with Crippen molar-refractivity contribution in [1.82, 2.24) is 0 Å². The molecule has 0 unspecified atom stereocenters. The first kappa shape index (κ1) is 16.2. The first-order valence-corrected chi connectivity index (χ1v) is 8.03. The Morgan fingerprint density at radius 1 is 1.29 bits per heavy atom. The number of amides is 1. The van der Waals surface area contributed by atoms with Crippen LogP contribution in [0.25, 0.3) is 11.0 Å². The first-order chi connectivity index (χ1) is 11.5. The van der Waals surface area contributed by atoms with Gasteiger partial charge in [0.1, 0.15) is 11.4 Å². The van der Waals surface area contributed by atoms with Crippen molar-refractivity contribution in [2.75, 3.05) is 11.9 Å². The molecular weight excluding hydrogens is 310 g/mol. The summed E-state index contributed by atoms with van der Waals surface area (Å²) in [5.74, 6) is -0.721. The Kier molecular flexibility index (Phi) is 4.38. The molecule has 24 heavy (non-hydrogen) atoms. The minimum absolute atomic E-state index is 0.0178. The van der Waals surface area contributed by atoms with E-state index in [1.54, 1.807) is 32.0 Å². The fourth-order valence-corrected chi connectivity index (χ4v) is 2.70. The number of fused-ring (bicyclic) bond motifs is 1. The molecule has 126 valence electrons. The van der Waals surface area contributed by atoms with Crippen LogP contribution in [0.3, 0.4) is 0 Å². The monoisotopic (exact) mass is 329 g/mol. The van der Waals surface area contributed by atoms with Crippen molar-refractivity contribution in [1.29, 1.82) is 0 Å². The largest absolute Gasteiger partial charge is 0.460 e. The van der Waals surface area contributed by atoms with Gasteiger partial charge in [0.05, 0.1) is 18.7 Å². The molecule has 1 heterocycles. The van der Waals surface area contributed by atoms with Crippen LogP contribution in [0.4, 0.5) is 5.69 Å². The zero-order chi connectivity index (χ0) is 17.3. The second kappa shape index (κ2) is 6.47. The topological polar surface area (TPSA) is 85.6 Å². The molecular formula is C18H19NO5. The maximum Gasteiger partial charge on any atom is 0.374 e. The number of Topliss-reactive ketones (excluding diaryl/α,β-unsaturated/α-hetero) is 1. The van der Waals surface area contributed by atoms with Gasteiger partial charge in [-0.1, -0.05) is 6.07 Å². The fraction of sp³-hybridized carbons (Fsp3) is 0.389. The molecule has 0 bridgehead atoms. The minimum Gasteiger partial charge on any atom is -0.460 e. The number of benzene rings is 1. The van der Waals surface area contributed by atoms with Crippen molar-refractivity contribution < 1.29 is 23.5 Å². The van der Waals surface area contributed by atoms with E-state index in [1.165, 1.54) is 0 Å². The van der Waals surface area contributed by atoms with Gasteiger partial charge >= 0.3 is 5.97 Å². The van der Waals surface area contributed by atoms with Gasteiger partial charge in [-0.3, -0.25) is 9.59 Å². The third-order valence-electron chi connectivity index (χ3n) is 4.06. The Bertz CT molecular complexity index is 816. The van der Waals surface area contributed by atoms with E-state index >= 15 is 0 Å². The third-order valence-corrected chi connectivity index (χ3v) is 4.06. The van der Waals surface area contributed by atoms with Gasteiger partial charge in [0.25, 0.3) is 0 Å². The van der Waals surface area contributed by atoms with Crippen molar-refractivity contribution in [3.8, 4) is 0 Å². The zero-order valence-corrected chi connectivity index (χ0v) is 13.7. The van der Waals surface area contributed by atoms with Crippen molar-refractivity contribution in [2.24, 2.45) is 5.92 Å². The van der Waals surface area contributed by atoms with Gasteiger partial charge in [-0.15, -0.1) is 0 Å². The molecule has 0 saturated heterocycles. The average molecular weight is 329 g/mol. The highest BCUT2D eigenvalue weighted by Gasteiger charge is 2.30. The Morgan fingerprint density at radius 3 is 2.71 bits per heavy atom. The number of aryl methyl sites for hydroxylation is 1. The average Bonchev–Trinajstić information content (AvgIpc) is 3.32. The number of nitrogens with one attached hydrogen (secondary N) is 1. The van der Waals surface area contributed by atoms with E-state index in [0.29, 0.717) is 22.2 Å². The Hall–Kier alpha value is -2.63. The maximum atomic E-state index is 12.1. The van der Waals surface area contributed by atoms with Gasteiger partial charge in [-0.25, -0.2) is 4.79 Å². The van der Waals surface area contributed by atoms with E-state index in [-0.39, 0.29) is 36.4 Å². The highest BCUT2D eigenvalue weighted by atomic mass is 16.5. The van der Waals surface area contributed by atoms with E-state index in [9.17, 15) is 14.4 Å². The Balaban J connectivity index is 1.86. The van der Waals surface area contributed by atoms with Crippen LogP contribution < -0.4 is 5.32 Å². The molecule has 1 saturated carbocycles. The van der Waals surface area contributed by atoms with Crippen molar-refractivity contribution >= 4 is 34.3 Å². The molecule has 1 fully saturated rings. The van der Waals surface area contributed by atoms with Crippen LogP contribution in [0.1, 0.15) is 42.3 Å². The van der Waals surface area contributed by atoms with E-state index < -0.39 is 5.97 Å². The number of furan rings is 1. The van der Waals surface area contributed by atoms with Gasteiger partial charge in [0, 0.05) is 16.9 Å². The van der Waals surface area contributed by atoms with E-state index in [4.69, 9.17) is 9.15 Å².